The minimum absolute atomic E-state index is 0.269. The summed E-state index contributed by atoms with van der Waals surface area (Å²) in [6.45, 7) is 5.43. The van der Waals surface area contributed by atoms with Crippen molar-refractivity contribution in [2.24, 2.45) is 5.92 Å². The average Bonchev–Trinajstić information content (AvgIpc) is 2.96. The molecule has 1 aliphatic rings. The van der Waals surface area contributed by atoms with Crippen LogP contribution in [-0.2, 0) is 6.54 Å². The van der Waals surface area contributed by atoms with Crippen LogP contribution in [0, 0.1) is 5.92 Å². The fraction of sp³-hybridized carbons (Fsp3) is 0.538. The third kappa shape index (κ3) is 2.47. The number of hydrogen-bond acceptors (Lipinski definition) is 3. The van der Waals surface area contributed by atoms with Crippen molar-refractivity contribution in [1.29, 1.82) is 0 Å². The second kappa shape index (κ2) is 4.74. The number of hydrogen-bond donors (Lipinski definition) is 2. The summed E-state index contributed by atoms with van der Waals surface area (Å²) in [6.07, 6.45) is 1.24. The largest absolute Gasteiger partial charge is 0.504 e. The Morgan fingerprint density at radius 2 is 2.25 bits per heavy atom. The maximum atomic E-state index is 9.95. The van der Waals surface area contributed by atoms with Crippen LogP contribution in [0.25, 0.3) is 0 Å². The summed E-state index contributed by atoms with van der Waals surface area (Å²) in [6, 6.07) is 6.26. The second-order valence-electron chi connectivity index (χ2n) is 4.40. The Balaban J connectivity index is 1.99. The molecule has 0 saturated heterocycles. The summed E-state index contributed by atoms with van der Waals surface area (Å²) in [5.41, 5.74) is 0.907. The molecule has 0 bridgehead atoms. The van der Waals surface area contributed by atoms with Crippen molar-refractivity contribution in [2.75, 3.05) is 6.61 Å². The predicted octanol–water partition coefficient (Wildman–Crippen LogP) is 2.29. The van der Waals surface area contributed by atoms with Gasteiger partial charge in [0, 0.05) is 18.2 Å². The first kappa shape index (κ1) is 11.3. The van der Waals surface area contributed by atoms with Gasteiger partial charge in [-0.15, -0.1) is 0 Å². The lowest BCUT2D eigenvalue weighted by Crippen LogP contribution is -2.17. The Kier molecular flexibility index (Phi) is 3.34. The van der Waals surface area contributed by atoms with E-state index >= 15 is 0 Å². The number of phenolic OH excluding ortho intramolecular Hbond substituents is 1. The first-order valence-corrected chi connectivity index (χ1v) is 5.89. The van der Waals surface area contributed by atoms with E-state index in [1.54, 1.807) is 6.07 Å². The molecule has 2 rings (SSSR count). The van der Waals surface area contributed by atoms with Crippen LogP contribution in [0.5, 0.6) is 11.5 Å². The van der Waals surface area contributed by atoms with Crippen LogP contribution in [-0.4, -0.2) is 17.8 Å². The maximum absolute atomic E-state index is 9.95. The molecule has 1 fully saturated rings. The number of benzene rings is 1. The van der Waals surface area contributed by atoms with Crippen LogP contribution in [0.2, 0.25) is 0 Å². The highest BCUT2D eigenvalue weighted by Crippen LogP contribution is 2.32. The molecule has 3 nitrogen and oxygen atoms in total. The van der Waals surface area contributed by atoms with Gasteiger partial charge in [0.1, 0.15) is 0 Å². The van der Waals surface area contributed by atoms with E-state index in [-0.39, 0.29) is 5.75 Å². The molecule has 0 aliphatic heterocycles. The third-order valence-corrected chi connectivity index (χ3v) is 3.05. The molecule has 16 heavy (non-hydrogen) atoms. The summed E-state index contributed by atoms with van der Waals surface area (Å²) in [5, 5.41) is 13.4. The number of aromatic hydroxyl groups is 1. The van der Waals surface area contributed by atoms with Crippen LogP contribution >= 0.6 is 0 Å². The van der Waals surface area contributed by atoms with Gasteiger partial charge in [-0.25, -0.2) is 0 Å². The topological polar surface area (TPSA) is 41.5 Å². The van der Waals surface area contributed by atoms with Gasteiger partial charge < -0.3 is 15.2 Å². The van der Waals surface area contributed by atoms with Crippen molar-refractivity contribution < 1.29 is 9.84 Å². The highest BCUT2D eigenvalue weighted by molar-refractivity contribution is 5.45. The number of nitrogens with one attached hydrogen (secondary N) is 1. The standard InChI is InChI=1S/C13H19NO2/c1-3-16-12-6-4-5-10(13(12)15)8-14-11-7-9(11)2/h4-6,9,11,14-15H,3,7-8H2,1-2H3. The summed E-state index contributed by atoms with van der Waals surface area (Å²) >= 11 is 0. The van der Waals surface area contributed by atoms with Crippen molar-refractivity contribution in [3.8, 4) is 11.5 Å². The van der Waals surface area contributed by atoms with Crippen molar-refractivity contribution in [2.45, 2.75) is 32.9 Å². The van der Waals surface area contributed by atoms with Gasteiger partial charge in [0.25, 0.3) is 0 Å². The van der Waals surface area contributed by atoms with E-state index in [1.807, 2.05) is 19.1 Å². The van der Waals surface area contributed by atoms with E-state index in [9.17, 15) is 5.11 Å². The third-order valence-electron chi connectivity index (χ3n) is 3.05. The molecule has 1 saturated carbocycles. The number of ether oxygens (including phenoxy) is 1. The normalized spacial score (nSPS) is 23.1. The van der Waals surface area contributed by atoms with Gasteiger partial charge in [0.15, 0.2) is 11.5 Å². The lowest BCUT2D eigenvalue weighted by atomic mass is 10.2. The van der Waals surface area contributed by atoms with E-state index in [4.69, 9.17) is 4.74 Å². The molecule has 0 aromatic heterocycles. The van der Waals surface area contributed by atoms with E-state index in [0.717, 1.165) is 11.5 Å². The predicted molar refractivity (Wildman–Crippen MR) is 63.7 cm³/mol. The van der Waals surface area contributed by atoms with Gasteiger partial charge >= 0.3 is 0 Å². The van der Waals surface area contributed by atoms with E-state index < -0.39 is 0 Å². The highest BCUT2D eigenvalue weighted by atomic mass is 16.5. The molecule has 1 aromatic carbocycles. The quantitative estimate of drug-likeness (QED) is 0.801. The molecule has 1 aliphatic carbocycles. The Morgan fingerprint density at radius 1 is 1.50 bits per heavy atom. The first-order chi connectivity index (χ1) is 7.72. The molecule has 2 unspecified atom stereocenters. The molecule has 3 heteroatoms. The molecule has 1 aromatic rings. The maximum Gasteiger partial charge on any atom is 0.162 e. The monoisotopic (exact) mass is 221 g/mol. The number of phenols is 1. The van der Waals surface area contributed by atoms with Gasteiger partial charge in [-0.3, -0.25) is 0 Å². The van der Waals surface area contributed by atoms with E-state index in [2.05, 4.69) is 12.2 Å². The average molecular weight is 221 g/mol. The molecule has 88 valence electrons. The minimum Gasteiger partial charge on any atom is -0.504 e. The smallest absolute Gasteiger partial charge is 0.162 e. The Bertz CT molecular complexity index is 365. The van der Waals surface area contributed by atoms with E-state index in [0.29, 0.717) is 24.9 Å². The van der Waals surface area contributed by atoms with Gasteiger partial charge in [-0.05, 0) is 25.3 Å². The fourth-order valence-electron chi connectivity index (χ4n) is 1.83. The summed E-state index contributed by atoms with van der Waals surface area (Å²) in [7, 11) is 0. The molecule has 2 N–H and O–H groups in total. The van der Waals surface area contributed by atoms with Crippen molar-refractivity contribution in [3.05, 3.63) is 23.8 Å². The van der Waals surface area contributed by atoms with Crippen LogP contribution in [0.1, 0.15) is 25.8 Å². The zero-order chi connectivity index (χ0) is 11.5. The van der Waals surface area contributed by atoms with Crippen molar-refractivity contribution in [1.82, 2.24) is 5.32 Å². The van der Waals surface area contributed by atoms with Crippen LogP contribution < -0.4 is 10.1 Å². The molecule has 0 spiro atoms. The Morgan fingerprint density at radius 3 is 2.88 bits per heavy atom. The zero-order valence-electron chi connectivity index (χ0n) is 9.86. The SMILES string of the molecule is CCOc1cccc(CNC2CC2C)c1O. The first-order valence-electron chi connectivity index (χ1n) is 5.89. The Labute approximate surface area is 96.4 Å². The summed E-state index contributed by atoms with van der Waals surface area (Å²) < 4.78 is 5.34. The van der Waals surface area contributed by atoms with Gasteiger partial charge in [0.2, 0.25) is 0 Å². The highest BCUT2D eigenvalue weighted by Gasteiger charge is 2.31. The molecule has 0 radical (unpaired) electrons. The second-order valence-corrected chi connectivity index (χ2v) is 4.40. The molecular formula is C13H19NO2. The van der Waals surface area contributed by atoms with Gasteiger partial charge in [-0.1, -0.05) is 19.1 Å². The van der Waals surface area contributed by atoms with Crippen molar-refractivity contribution in [3.63, 3.8) is 0 Å². The lowest BCUT2D eigenvalue weighted by Gasteiger charge is -2.10. The van der Waals surface area contributed by atoms with E-state index in [1.165, 1.54) is 6.42 Å². The number of rotatable bonds is 5. The molecular weight excluding hydrogens is 202 g/mol. The number of para-hydroxylation sites is 1. The van der Waals surface area contributed by atoms with Crippen molar-refractivity contribution >= 4 is 0 Å². The molecule has 2 atom stereocenters. The van der Waals surface area contributed by atoms with Crippen LogP contribution in [0.4, 0.5) is 0 Å². The zero-order valence-corrected chi connectivity index (χ0v) is 9.86. The lowest BCUT2D eigenvalue weighted by molar-refractivity contribution is 0.316. The molecule has 0 heterocycles. The van der Waals surface area contributed by atoms with Gasteiger partial charge in [0.05, 0.1) is 6.61 Å². The summed E-state index contributed by atoms with van der Waals surface area (Å²) in [5.74, 6) is 1.62. The van der Waals surface area contributed by atoms with Crippen LogP contribution in [0.15, 0.2) is 18.2 Å². The molecule has 0 amide bonds. The fourth-order valence-corrected chi connectivity index (χ4v) is 1.83. The van der Waals surface area contributed by atoms with Crippen LogP contribution in [0.3, 0.4) is 0 Å². The summed E-state index contributed by atoms with van der Waals surface area (Å²) in [4.78, 5) is 0. The Hall–Kier alpha value is -1.22. The minimum atomic E-state index is 0.269. The van der Waals surface area contributed by atoms with Gasteiger partial charge in [-0.2, -0.15) is 0 Å².